The van der Waals surface area contributed by atoms with Gasteiger partial charge in [-0.2, -0.15) is 0 Å². The lowest BCUT2D eigenvalue weighted by Gasteiger charge is -2.29. The second-order valence-electron chi connectivity index (χ2n) is 5.74. The topological polar surface area (TPSA) is 12.0 Å². The second-order valence-corrected chi connectivity index (χ2v) is 5.74. The molecule has 1 aliphatic heterocycles. The summed E-state index contributed by atoms with van der Waals surface area (Å²) in [6.07, 6.45) is 12.0. The summed E-state index contributed by atoms with van der Waals surface area (Å²) in [6.45, 7) is 1.29. The Morgan fingerprint density at radius 1 is 0.714 bits per heavy atom. The SMILES string of the molecule is C1CCNC(C2CCC3CC3C2)CC1. The van der Waals surface area contributed by atoms with Crippen LogP contribution in [0.1, 0.15) is 51.4 Å². The molecule has 0 amide bonds. The Balaban J connectivity index is 1.57. The summed E-state index contributed by atoms with van der Waals surface area (Å²) >= 11 is 0. The molecule has 14 heavy (non-hydrogen) atoms. The molecule has 0 bridgehead atoms. The lowest BCUT2D eigenvalue weighted by Crippen LogP contribution is -2.36. The molecular formula is C13H23N. The first-order valence-corrected chi connectivity index (χ1v) is 6.67. The number of hydrogen-bond acceptors (Lipinski definition) is 1. The highest BCUT2D eigenvalue weighted by Gasteiger charge is 2.43. The molecule has 1 heteroatoms. The molecule has 3 rings (SSSR count). The average molecular weight is 193 g/mol. The van der Waals surface area contributed by atoms with Crippen molar-refractivity contribution < 1.29 is 0 Å². The van der Waals surface area contributed by atoms with Crippen molar-refractivity contribution >= 4 is 0 Å². The minimum absolute atomic E-state index is 0.888. The van der Waals surface area contributed by atoms with E-state index in [1.165, 1.54) is 38.6 Å². The van der Waals surface area contributed by atoms with Gasteiger partial charge in [0.15, 0.2) is 0 Å². The number of fused-ring (bicyclic) bond motifs is 1. The summed E-state index contributed by atoms with van der Waals surface area (Å²) in [5.41, 5.74) is 0. The van der Waals surface area contributed by atoms with Gasteiger partial charge in [0.2, 0.25) is 0 Å². The molecule has 1 N–H and O–H groups in total. The fraction of sp³-hybridized carbons (Fsp3) is 1.00. The highest BCUT2D eigenvalue weighted by Crippen LogP contribution is 2.52. The average Bonchev–Trinajstić information content (AvgIpc) is 3.01. The predicted octanol–water partition coefficient (Wildman–Crippen LogP) is 2.95. The minimum Gasteiger partial charge on any atom is -0.314 e. The van der Waals surface area contributed by atoms with Gasteiger partial charge in [-0.25, -0.2) is 0 Å². The van der Waals surface area contributed by atoms with Crippen LogP contribution in [0.5, 0.6) is 0 Å². The summed E-state index contributed by atoms with van der Waals surface area (Å²) in [4.78, 5) is 0. The Labute approximate surface area is 87.7 Å². The standard InChI is InChI=1S/C13H23N/c1-2-4-13(14-7-3-1)11-6-5-10-8-12(10)9-11/h10-14H,1-9H2. The molecule has 0 radical (unpaired) electrons. The Morgan fingerprint density at radius 3 is 2.50 bits per heavy atom. The highest BCUT2D eigenvalue weighted by molar-refractivity contribution is 4.95. The van der Waals surface area contributed by atoms with Crippen molar-refractivity contribution in [2.75, 3.05) is 6.54 Å². The van der Waals surface area contributed by atoms with Crippen LogP contribution in [0.3, 0.4) is 0 Å². The quantitative estimate of drug-likeness (QED) is 0.675. The maximum atomic E-state index is 3.79. The summed E-state index contributed by atoms with van der Waals surface area (Å²) < 4.78 is 0. The van der Waals surface area contributed by atoms with Gasteiger partial charge in [-0.3, -0.25) is 0 Å². The van der Waals surface area contributed by atoms with Gasteiger partial charge in [0, 0.05) is 6.04 Å². The third-order valence-corrected chi connectivity index (χ3v) is 4.75. The van der Waals surface area contributed by atoms with Gasteiger partial charge >= 0.3 is 0 Å². The van der Waals surface area contributed by atoms with Crippen LogP contribution in [0.2, 0.25) is 0 Å². The zero-order valence-electron chi connectivity index (χ0n) is 9.17. The first-order valence-electron chi connectivity index (χ1n) is 6.67. The summed E-state index contributed by atoms with van der Waals surface area (Å²) in [5.74, 6) is 3.35. The fourth-order valence-electron chi connectivity index (χ4n) is 3.71. The molecule has 4 atom stereocenters. The van der Waals surface area contributed by atoms with Crippen molar-refractivity contribution in [3.05, 3.63) is 0 Å². The van der Waals surface area contributed by atoms with Crippen LogP contribution < -0.4 is 5.32 Å². The number of rotatable bonds is 1. The zero-order valence-corrected chi connectivity index (χ0v) is 9.17. The van der Waals surface area contributed by atoms with E-state index in [-0.39, 0.29) is 0 Å². The van der Waals surface area contributed by atoms with Gasteiger partial charge in [-0.15, -0.1) is 0 Å². The Bertz CT molecular complexity index is 191. The highest BCUT2D eigenvalue weighted by atomic mass is 14.9. The maximum Gasteiger partial charge on any atom is 0.00954 e. The van der Waals surface area contributed by atoms with Crippen LogP contribution in [0.4, 0.5) is 0 Å². The van der Waals surface area contributed by atoms with E-state index < -0.39 is 0 Å². The zero-order chi connectivity index (χ0) is 9.38. The molecule has 1 nitrogen and oxygen atoms in total. The van der Waals surface area contributed by atoms with Crippen molar-refractivity contribution in [2.45, 2.75) is 57.4 Å². The van der Waals surface area contributed by atoms with Crippen LogP contribution in [-0.2, 0) is 0 Å². The number of nitrogens with one attached hydrogen (secondary N) is 1. The monoisotopic (exact) mass is 193 g/mol. The molecule has 2 aliphatic carbocycles. The molecule has 3 aliphatic rings. The van der Waals surface area contributed by atoms with Gasteiger partial charge in [0.1, 0.15) is 0 Å². The Kier molecular flexibility index (Phi) is 2.53. The smallest absolute Gasteiger partial charge is 0.00954 e. The number of hydrogen-bond donors (Lipinski definition) is 1. The first-order chi connectivity index (χ1) is 6.93. The molecule has 0 spiro atoms. The fourth-order valence-corrected chi connectivity index (χ4v) is 3.71. The first kappa shape index (κ1) is 9.21. The largest absolute Gasteiger partial charge is 0.314 e. The molecule has 4 unspecified atom stereocenters. The van der Waals surface area contributed by atoms with Crippen LogP contribution in [-0.4, -0.2) is 12.6 Å². The van der Waals surface area contributed by atoms with E-state index in [1.54, 1.807) is 19.3 Å². The van der Waals surface area contributed by atoms with E-state index in [0.717, 1.165) is 23.8 Å². The third-order valence-electron chi connectivity index (χ3n) is 4.75. The lowest BCUT2D eigenvalue weighted by molar-refractivity contribution is 0.255. The molecule has 1 saturated heterocycles. The van der Waals surface area contributed by atoms with Gasteiger partial charge in [0.25, 0.3) is 0 Å². The van der Waals surface area contributed by atoms with Gasteiger partial charge in [-0.1, -0.05) is 12.8 Å². The molecule has 2 saturated carbocycles. The van der Waals surface area contributed by atoms with Gasteiger partial charge in [0.05, 0.1) is 0 Å². The molecule has 0 aromatic carbocycles. The van der Waals surface area contributed by atoms with E-state index in [1.807, 2.05) is 0 Å². The van der Waals surface area contributed by atoms with Crippen molar-refractivity contribution in [1.82, 2.24) is 5.32 Å². The maximum absolute atomic E-state index is 3.79. The third kappa shape index (κ3) is 1.84. The predicted molar refractivity (Wildman–Crippen MR) is 59.2 cm³/mol. The van der Waals surface area contributed by atoms with Crippen LogP contribution >= 0.6 is 0 Å². The molecule has 3 fully saturated rings. The molecular weight excluding hydrogens is 170 g/mol. The summed E-state index contributed by atoms with van der Waals surface area (Å²) in [7, 11) is 0. The van der Waals surface area contributed by atoms with E-state index >= 15 is 0 Å². The minimum atomic E-state index is 0.888. The van der Waals surface area contributed by atoms with E-state index in [4.69, 9.17) is 0 Å². The van der Waals surface area contributed by atoms with Crippen molar-refractivity contribution in [3.63, 3.8) is 0 Å². The van der Waals surface area contributed by atoms with Gasteiger partial charge < -0.3 is 5.32 Å². The molecule has 0 aromatic rings. The van der Waals surface area contributed by atoms with E-state index in [0.29, 0.717) is 0 Å². The molecule has 80 valence electrons. The summed E-state index contributed by atoms with van der Waals surface area (Å²) in [5, 5.41) is 3.79. The molecule has 1 heterocycles. The van der Waals surface area contributed by atoms with Crippen LogP contribution in [0.15, 0.2) is 0 Å². The Hall–Kier alpha value is -0.0400. The van der Waals surface area contributed by atoms with Gasteiger partial charge in [-0.05, 0) is 62.8 Å². The van der Waals surface area contributed by atoms with Crippen molar-refractivity contribution in [3.8, 4) is 0 Å². The van der Waals surface area contributed by atoms with E-state index in [9.17, 15) is 0 Å². The Morgan fingerprint density at radius 2 is 1.57 bits per heavy atom. The second kappa shape index (κ2) is 3.84. The molecule has 0 aromatic heterocycles. The van der Waals surface area contributed by atoms with E-state index in [2.05, 4.69) is 5.32 Å². The normalized spacial score (nSPS) is 48.0. The summed E-state index contributed by atoms with van der Waals surface area (Å²) in [6, 6.07) is 0.888. The van der Waals surface area contributed by atoms with Crippen molar-refractivity contribution in [1.29, 1.82) is 0 Å². The lowest BCUT2D eigenvalue weighted by atomic mass is 9.82. The van der Waals surface area contributed by atoms with Crippen LogP contribution in [0.25, 0.3) is 0 Å². The van der Waals surface area contributed by atoms with Crippen molar-refractivity contribution in [2.24, 2.45) is 17.8 Å². The van der Waals surface area contributed by atoms with Crippen LogP contribution in [0, 0.1) is 17.8 Å².